The van der Waals surface area contributed by atoms with Crippen LogP contribution in [-0.2, 0) is 0 Å². The Labute approximate surface area is 196 Å². The number of hydrogen-bond donors (Lipinski definition) is 1. The Kier molecular flexibility index (Phi) is 6.18. The highest BCUT2D eigenvalue weighted by Gasteiger charge is 2.28. The molecule has 0 spiro atoms. The summed E-state index contributed by atoms with van der Waals surface area (Å²) in [5.74, 6) is 0.652. The summed E-state index contributed by atoms with van der Waals surface area (Å²) < 4.78 is 1.92. The van der Waals surface area contributed by atoms with Gasteiger partial charge in [0.25, 0.3) is 5.91 Å². The molecule has 0 bridgehead atoms. The summed E-state index contributed by atoms with van der Waals surface area (Å²) in [6.07, 6.45) is 9.32. The van der Waals surface area contributed by atoms with Crippen LogP contribution in [0, 0.1) is 12.8 Å². The van der Waals surface area contributed by atoms with E-state index in [0.717, 1.165) is 42.0 Å². The number of hydrogen-bond acceptors (Lipinski definition) is 4. The molecular formula is C27H33N5O. The second-order valence-corrected chi connectivity index (χ2v) is 9.56. The average molecular weight is 444 g/mol. The number of carbonyl (C=O) groups is 1. The number of rotatable bonds is 6. The van der Waals surface area contributed by atoms with Crippen LogP contribution in [0.1, 0.15) is 42.1 Å². The molecule has 2 unspecified atom stereocenters. The number of aryl methyl sites for hydroxylation is 1. The van der Waals surface area contributed by atoms with Crippen molar-refractivity contribution in [3.63, 3.8) is 0 Å². The van der Waals surface area contributed by atoms with Crippen molar-refractivity contribution < 1.29 is 4.79 Å². The van der Waals surface area contributed by atoms with Gasteiger partial charge in [0.2, 0.25) is 0 Å². The lowest BCUT2D eigenvalue weighted by atomic mass is 10.1. The van der Waals surface area contributed by atoms with Crippen LogP contribution in [-0.4, -0.2) is 52.6 Å². The van der Waals surface area contributed by atoms with E-state index >= 15 is 0 Å². The SMILES string of the molecule is Cc1cc(N2CCC(CN3CCCC3C)C2)ccc1NC(=O)c1ccc(-n2ccnc2)cc1. The predicted octanol–water partition coefficient (Wildman–Crippen LogP) is 4.74. The summed E-state index contributed by atoms with van der Waals surface area (Å²) in [6, 6.07) is 14.7. The van der Waals surface area contributed by atoms with Crippen LogP contribution in [0.15, 0.2) is 61.2 Å². The first-order chi connectivity index (χ1) is 16.1. The maximum atomic E-state index is 12.8. The summed E-state index contributed by atoms with van der Waals surface area (Å²) in [4.78, 5) is 22.0. The molecular weight excluding hydrogens is 410 g/mol. The second kappa shape index (κ2) is 9.40. The van der Waals surface area contributed by atoms with Gasteiger partial charge in [0, 0.05) is 60.7 Å². The van der Waals surface area contributed by atoms with Crippen LogP contribution < -0.4 is 10.2 Å². The van der Waals surface area contributed by atoms with E-state index in [-0.39, 0.29) is 5.91 Å². The van der Waals surface area contributed by atoms with Crippen LogP contribution in [0.25, 0.3) is 5.69 Å². The van der Waals surface area contributed by atoms with Crippen molar-refractivity contribution in [3.8, 4) is 5.69 Å². The van der Waals surface area contributed by atoms with E-state index in [1.807, 2.05) is 41.1 Å². The molecule has 2 atom stereocenters. The Balaban J connectivity index is 1.20. The van der Waals surface area contributed by atoms with Gasteiger partial charge in [0.05, 0.1) is 6.33 Å². The molecule has 3 aromatic rings. The fraction of sp³-hybridized carbons (Fsp3) is 0.407. The molecule has 0 aliphatic carbocycles. The minimum Gasteiger partial charge on any atom is -0.371 e. The van der Waals surface area contributed by atoms with Gasteiger partial charge in [-0.25, -0.2) is 4.98 Å². The first-order valence-electron chi connectivity index (χ1n) is 12.1. The largest absolute Gasteiger partial charge is 0.371 e. The Morgan fingerprint density at radius 1 is 1.09 bits per heavy atom. The summed E-state index contributed by atoms with van der Waals surface area (Å²) in [5.41, 5.74) is 4.83. The molecule has 2 aliphatic heterocycles. The topological polar surface area (TPSA) is 53.4 Å². The summed E-state index contributed by atoms with van der Waals surface area (Å²) in [7, 11) is 0. The highest BCUT2D eigenvalue weighted by Crippen LogP contribution is 2.29. The monoisotopic (exact) mass is 443 g/mol. The molecule has 6 heteroatoms. The molecule has 2 aliphatic rings. The number of nitrogens with one attached hydrogen (secondary N) is 1. The number of aromatic nitrogens is 2. The zero-order chi connectivity index (χ0) is 22.8. The van der Waals surface area contributed by atoms with E-state index in [1.165, 1.54) is 38.0 Å². The Bertz CT molecular complexity index is 1090. The molecule has 5 rings (SSSR count). The van der Waals surface area contributed by atoms with E-state index in [4.69, 9.17) is 0 Å². The van der Waals surface area contributed by atoms with Gasteiger partial charge in [-0.3, -0.25) is 4.79 Å². The molecule has 1 aromatic heterocycles. The van der Waals surface area contributed by atoms with Crippen LogP contribution in [0.3, 0.4) is 0 Å². The number of amides is 1. The zero-order valence-corrected chi connectivity index (χ0v) is 19.6. The third-order valence-electron chi connectivity index (χ3n) is 7.22. The van der Waals surface area contributed by atoms with Gasteiger partial charge < -0.3 is 19.7 Å². The normalized spacial score (nSPS) is 21.0. The molecule has 0 saturated carbocycles. The van der Waals surface area contributed by atoms with Gasteiger partial charge in [-0.05, 0) is 93.6 Å². The third-order valence-corrected chi connectivity index (χ3v) is 7.22. The van der Waals surface area contributed by atoms with Crippen molar-refractivity contribution in [1.82, 2.24) is 14.5 Å². The van der Waals surface area contributed by atoms with Crippen LogP contribution in [0.4, 0.5) is 11.4 Å². The van der Waals surface area contributed by atoms with Gasteiger partial charge in [-0.15, -0.1) is 0 Å². The number of benzene rings is 2. The molecule has 33 heavy (non-hydrogen) atoms. The van der Waals surface area contributed by atoms with Crippen LogP contribution in [0.2, 0.25) is 0 Å². The lowest BCUT2D eigenvalue weighted by molar-refractivity contribution is 0.102. The van der Waals surface area contributed by atoms with Crippen molar-refractivity contribution in [3.05, 3.63) is 72.3 Å². The Morgan fingerprint density at radius 2 is 1.91 bits per heavy atom. The lowest BCUT2D eigenvalue weighted by Gasteiger charge is -2.25. The van der Waals surface area contributed by atoms with Crippen molar-refractivity contribution in [2.24, 2.45) is 5.92 Å². The molecule has 6 nitrogen and oxygen atoms in total. The van der Waals surface area contributed by atoms with Crippen molar-refractivity contribution in [2.75, 3.05) is 36.4 Å². The van der Waals surface area contributed by atoms with Crippen molar-refractivity contribution in [1.29, 1.82) is 0 Å². The number of likely N-dealkylation sites (tertiary alicyclic amines) is 1. The Hall–Kier alpha value is -3.12. The Morgan fingerprint density at radius 3 is 2.61 bits per heavy atom. The minimum absolute atomic E-state index is 0.0935. The smallest absolute Gasteiger partial charge is 0.255 e. The molecule has 1 amide bonds. The highest BCUT2D eigenvalue weighted by molar-refractivity contribution is 6.04. The number of imidazole rings is 1. The van der Waals surface area contributed by atoms with E-state index in [2.05, 4.69) is 46.1 Å². The molecule has 2 aromatic carbocycles. The van der Waals surface area contributed by atoms with Gasteiger partial charge in [0.1, 0.15) is 0 Å². The van der Waals surface area contributed by atoms with Gasteiger partial charge in [-0.2, -0.15) is 0 Å². The summed E-state index contributed by atoms with van der Waals surface area (Å²) >= 11 is 0. The van der Waals surface area contributed by atoms with Crippen molar-refractivity contribution in [2.45, 2.75) is 39.2 Å². The highest BCUT2D eigenvalue weighted by atomic mass is 16.1. The fourth-order valence-corrected chi connectivity index (χ4v) is 5.19. The number of carbonyl (C=O) groups excluding carboxylic acids is 1. The first-order valence-corrected chi connectivity index (χ1v) is 12.1. The van der Waals surface area contributed by atoms with Gasteiger partial charge >= 0.3 is 0 Å². The quantitative estimate of drug-likeness (QED) is 0.598. The maximum absolute atomic E-state index is 12.8. The fourth-order valence-electron chi connectivity index (χ4n) is 5.19. The third kappa shape index (κ3) is 4.81. The predicted molar refractivity (Wildman–Crippen MR) is 133 cm³/mol. The minimum atomic E-state index is -0.0935. The standard InChI is InChI=1S/C27H33N5O/c1-20-16-25(31-14-11-22(18-31)17-30-13-3-4-21(30)2)9-10-26(20)29-27(33)23-5-7-24(8-6-23)32-15-12-28-19-32/h5-10,12,15-16,19,21-22H,3-4,11,13-14,17-18H2,1-2H3,(H,29,33). The maximum Gasteiger partial charge on any atom is 0.255 e. The first kappa shape index (κ1) is 21.7. The van der Waals surface area contributed by atoms with E-state index < -0.39 is 0 Å². The van der Waals surface area contributed by atoms with Gasteiger partial charge in [-0.1, -0.05) is 0 Å². The molecule has 2 saturated heterocycles. The molecule has 3 heterocycles. The lowest BCUT2D eigenvalue weighted by Crippen LogP contribution is -2.33. The van der Waals surface area contributed by atoms with E-state index in [0.29, 0.717) is 5.56 Å². The van der Waals surface area contributed by atoms with E-state index in [1.54, 1.807) is 12.5 Å². The van der Waals surface area contributed by atoms with Crippen LogP contribution >= 0.6 is 0 Å². The van der Waals surface area contributed by atoms with E-state index in [9.17, 15) is 4.79 Å². The molecule has 172 valence electrons. The van der Waals surface area contributed by atoms with Crippen molar-refractivity contribution >= 4 is 17.3 Å². The molecule has 0 radical (unpaired) electrons. The molecule has 2 fully saturated rings. The summed E-state index contributed by atoms with van der Waals surface area (Å²) in [6.45, 7) is 9.16. The molecule has 1 N–H and O–H groups in total. The summed E-state index contributed by atoms with van der Waals surface area (Å²) in [5, 5.41) is 3.08. The average Bonchev–Trinajstić information content (AvgIpc) is 3.59. The zero-order valence-electron chi connectivity index (χ0n) is 19.6. The van der Waals surface area contributed by atoms with Crippen LogP contribution in [0.5, 0.6) is 0 Å². The second-order valence-electron chi connectivity index (χ2n) is 9.56. The number of nitrogens with zero attached hydrogens (tertiary/aromatic N) is 4. The number of anilines is 2. The van der Waals surface area contributed by atoms with Gasteiger partial charge in [0.15, 0.2) is 0 Å².